The molecule has 0 saturated carbocycles. The number of ether oxygens (including phenoxy) is 6. The zero-order chi connectivity index (χ0) is 46.2. The van der Waals surface area contributed by atoms with Gasteiger partial charge in [-0.3, -0.25) is 4.98 Å². The lowest BCUT2D eigenvalue weighted by molar-refractivity contribution is 0.0889. The van der Waals surface area contributed by atoms with E-state index in [4.69, 9.17) is 45.6 Å². The Labute approximate surface area is 379 Å². The van der Waals surface area contributed by atoms with E-state index in [9.17, 15) is 10.2 Å². The maximum Gasteiger partial charge on any atom is 0.222 e. The average molecular weight is 904 g/mol. The van der Waals surface area contributed by atoms with Gasteiger partial charge in [-0.15, -0.1) is 0 Å². The highest BCUT2D eigenvalue weighted by atomic mass is 16.5. The summed E-state index contributed by atoms with van der Waals surface area (Å²) >= 11 is 0. The zero-order valence-corrected chi connectivity index (χ0v) is 37.6. The minimum Gasteiger partial charge on any atom is -0.486 e. The molecule has 3 atom stereocenters. The number of unbranched alkanes of at least 4 members (excludes halogenated alkanes) is 1. The topological polar surface area (TPSA) is 300 Å². The molecule has 65 heavy (non-hydrogen) atoms. The Morgan fingerprint density at radius 2 is 1.18 bits per heavy atom. The summed E-state index contributed by atoms with van der Waals surface area (Å²) in [6, 6.07) is 7.37. The molecular weight excluding hydrogens is 839 g/mol. The summed E-state index contributed by atoms with van der Waals surface area (Å²) in [6.07, 6.45) is 12.0. The maximum atomic E-state index is 10.3. The van der Waals surface area contributed by atoms with E-state index in [-0.39, 0.29) is 69.0 Å². The van der Waals surface area contributed by atoms with E-state index in [1.54, 1.807) is 19.5 Å². The van der Waals surface area contributed by atoms with E-state index in [0.717, 1.165) is 48.4 Å². The van der Waals surface area contributed by atoms with Crippen LogP contribution < -0.4 is 47.4 Å². The van der Waals surface area contributed by atoms with Crippen molar-refractivity contribution in [3.8, 4) is 17.2 Å². The van der Waals surface area contributed by atoms with Crippen molar-refractivity contribution in [2.24, 2.45) is 0 Å². The molecule has 0 unspecified atom stereocenters. The average Bonchev–Trinajstić information content (AvgIpc) is 3.30. The van der Waals surface area contributed by atoms with Crippen LogP contribution in [0.25, 0.3) is 10.8 Å². The number of fused-ring (bicyclic) bond motifs is 1. The standard InChI is InChI=1S/C44H65N13O8/c1-4-6-9-33(54-40-37(63-18-16-60-3)22-50-43(46)56-40)27-61-15-7-10-32(25-59)53-39-36(21-49-42(45)55-39)64-19-17-62-26-29-11-12-30-13-14-48-35(34(30)20-29)28-65-38-23-51-44(47)57-41(38)52-31(24-58)8-5-2/h11-14,20-23,31-33,58-59H,4-10,15-19,24-28H2,1-3H3,(H3,45,49,53,55)(H3,46,50,54,56)(H3,47,51,52,57)/t31-,32-,33-/m0/s1. The predicted molar refractivity (Wildman–Crippen MR) is 249 cm³/mol. The number of hydrogen-bond donors (Lipinski definition) is 8. The van der Waals surface area contributed by atoms with Crippen LogP contribution in [0.4, 0.5) is 35.3 Å². The molecule has 5 aromatic rings. The van der Waals surface area contributed by atoms with Gasteiger partial charge >= 0.3 is 0 Å². The van der Waals surface area contributed by atoms with E-state index in [2.05, 4.69) is 57.8 Å². The second-order valence-corrected chi connectivity index (χ2v) is 15.2. The highest BCUT2D eigenvalue weighted by Gasteiger charge is 2.18. The summed E-state index contributed by atoms with van der Waals surface area (Å²) < 4.78 is 35.1. The number of nitrogens with one attached hydrogen (secondary N) is 3. The van der Waals surface area contributed by atoms with Crippen molar-refractivity contribution in [2.75, 3.05) is 93.1 Å². The van der Waals surface area contributed by atoms with E-state index in [1.165, 1.54) is 12.4 Å². The first kappa shape index (κ1) is 49.9. The molecular formula is C44H65N13O8. The number of aromatic nitrogens is 7. The van der Waals surface area contributed by atoms with Crippen LogP contribution in [0, 0.1) is 0 Å². The Balaban J connectivity index is 1.08. The fraction of sp³-hybridized carbons (Fsp3) is 0.523. The van der Waals surface area contributed by atoms with Crippen LogP contribution in [0.15, 0.2) is 49.1 Å². The molecule has 0 radical (unpaired) electrons. The van der Waals surface area contributed by atoms with Gasteiger partial charge in [0, 0.05) is 25.3 Å². The SMILES string of the molecule is CCCC[C@@H](COCCC[C@@H](CO)Nc1nc(N)ncc1OCCOCc1ccc2ccnc(COc3cnc(N)nc3N[C@H](CO)CCC)c2c1)Nc1nc(N)ncc1OCCOC. The Morgan fingerprint density at radius 1 is 0.600 bits per heavy atom. The molecule has 0 aliphatic heterocycles. The van der Waals surface area contributed by atoms with Gasteiger partial charge in [0.25, 0.3) is 0 Å². The molecule has 0 saturated heterocycles. The maximum absolute atomic E-state index is 10.3. The van der Waals surface area contributed by atoms with Crippen molar-refractivity contribution < 1.29 is 38.6 Å². The molecule has 21 heteroatoms. The summed E-state index contributed by atoms with van der Waals surface area (Å²) in [4.78, 5) is 29.9. The number of pyridine rings is 1. The Morgan fingerprint density at radius 3 is 1.78 bits per heavy atom. The number of anilines is 6. The quantitative estimate of drug-likeness (QED) is 0.0278. The normalized spacial score (nSPS) is 12.7. The third-order valence-corrected chi connectivity index (χ3v) is 10.1. The molecule has 0 bridgehead atoms. The smallest absolute Gasteiger partial charge is 0.222 e. The summed E-state index contributed by atoms with van der Waals surface area (Å²) in [5.74, 6) is 2.86. The second-order valence-electron chi connectivity index (χ2n) is 15.2. The fourth-order valence-electron chi connectivity index (χ4n) is 6.69. The van der Waals surface area contributed by atoms with Crippen LogP contribution in [0.5, 0.6) is 17.2 Å². The first-order valence-electron chi connectivity index (χ1n) is 22.0. The van der Waals surface area contributed by atoms with Crippen molar-refractivity contribution >= 4 is 46.1 Å². The monoisotopic (exact) mass is 904 g/mol. The molecule has 0 aliphatic rings. The molecule has 1 aromatic carbocycles. The fourth-order valence-corrected chi connectivity index (χ4v) is 6.69. The van der Waals surface area contributed by atoms with Crippen LogP contribution in [-0.2, 0) is 27.4 Å². The van der Waals surface area contributed by atoms with Crippen molar-refractivity contribution in [2.45, 2.75) is 90.1 Å². The van der Waals surface area contributed by atoms with Crippen molar-refractivity contribution in [3.05, 3.63) is 60.3 Å². The molecule has 5 rings (SSSR count). The minimum atomic E-state index is -0.350. The largest absolute Gasteiger partial charge is 0.486 e. The third-order valence-electron chi connectivity index (χ3n) is 10.1. The predicted octanol–water partition coefficient (Wildman–Crippen LogP) is 4.36. The number of aliphatic hydroxyl groups excluding tert-OH is 2. The molecule has 0 amide bonds. The minimum absolute atomic E-state index is 0.0380. The molecule has 11 N–H and O–H groups in total. The Hall–Kier alpha value is -6.13. The number of nitrogens with zero attached hydrogens (tertiary/aromatic N) is 7. The van der Waals surface area contributed by atoms with Gasteiger partial charge < -0.3 is 71.8 Å². The number of nitrogens with two attached hydrogens (primary N) is 3. The third kappa shape index (κ3) is 16.4. The molecule has 0 aliphatic carbocycles. The zero-order valence-electron chi connectivity index (χ0n) is 37.6. The van der Waals surface area contributed by atoms with Gasteiger partial charge in [0.1, 0.15) is 19.8 Å². The van der Waals surface area contributed by atoms with Crippen LogP contribution in [-0.4, -0.2) is 123 Å². The molecule has 354 valence electrons. The van der Waals surface area contributed by atoms with Gasteiger partial charge in [-0.2, -0.15) is 15.0 Å². The molecule has 4 aromatic heterocycles. The van der Waals surface area contributed by atoms with Crippen molar-refractivity contribution in [1.82, 2.24) is 34.9 Å². The number of methoxy groups -OCH3 is 1. The van der Waals surface area contributed by atoms with E-state index < -0.39 is 0 Å². The molecule has 21 nitrogen and oxygen atoms in total. The summed E-state index contributed by atoms with van der Waals surface area (Å²) in [5, 5.41) is 31.9. The lowest BCUT2D eigenvalue weighted by Crippen LogP contribution is -2.28. The van der Waals surface area contributed by atoms with Gasteiger partial charge in [0.15, 0.2) is 34.7 Å². The number of aliphatic hydroxyl groups is 2. The van der Waals surface area contributed by atoms with Gasteiger partial charge in [0.05, 0.1) is 82.1 Å². The number of nitrogen functional groups attached to an aromatic ring is 3. The van der Waals surface area contributed by atoms with Crippen LogP contribution in [0.2, 0.25) is 0 Å². The number of hydrogen-bond acceptors (Lipinski definition) is 21. The van der Waals surface area contributed by atoms with E-state index >= 15 is 0 Å². The number of rotatable bonds is 32. The van der Waals surface area contributed by atoms with Gasteiger partial charge in [-0.25, -0.2) is 15.0 Å². The van der Waals surface area contributed by atoms with Gasteiger partial charge in [-0.1, -0.05) is 45.2 Å². The van der Waals surface area contributed by atoms with Crippen LogP contribution >= 0.6 is 0 Å². The first-order chi connectivity index (χ1) is 31.7. The lowest BCUT2D eigenvalue weighted by Gasteiger charge is -2.22. The summed E-state index contributed by atoms with van der Waals surface area (Å²) in [6.45, 7) is 6.58. The second kappa shape index (κ2) is 27.3. The first-order valence-corrected chi connectivity index (χ1v) is 22.0. The van der Waals surface area contributed by atoms with E-state index in [0.29, 0.717) is 86.3 Å². The molecule has 0 fully saturated rings. The number of benzene rings is 1. The molecule has 0 spiro atoms. The van der Waals surface area contributed by atoms with Crippen LogP contribution in [0.1, 0.15) is 70.1 Å². The summed E-state index contributed by atoms with van der Waals surface area (Å²) in [7, 11) is 1.61. The summed E-state index contributed by atoms with van der Waals surface area (Å²) in [5.41, 5.74) is 19.3. The van der Waals surface area contributed by atoms with Crippen molar-refractivity contribution in [3.63, 3.8) is 0 Å². The lowest BCUT2D eigenvalue weighted by atomic mass is 10.1. The van der Waals surface area contributed by atoms with Gasteiger partial charge in [0.2, 0.25) is 17.8 Å². The van der Waals surface area contributed by atoms with E-state index in [1.807, 2.05) is 31.2 Å². The highest BCUT2D eigenvalue weighted by molar-refractivity contribution is 5.85. The molecule has 4 heterocycles. The Bertz CT molecular complexity index is 2170. The van der Waals surface area contributed by atoms with Crippen molar-refractivity contribution in [1.29, 1.82) is 0 Å². The van der Waals surface area contributed by atoms with Gasteiger partial charge in [-0.05, 0) is 48.8 Å². The Kier molecular flexibility index (Phi) is 20.9. The highest BCUT2D eigenvalue weighted by Crippen LogP contribution is 2.28. The van der Waals surface area contributed by atoms with Crippen LogP contribution in [0.3, 0.4) is 0 Å².